The van der Waals surface area contributed by atoms with Gasteiger partial charge < -0.3 is 14.8 Å². The first-order valence-corrected chi connectivity index (χ1v) is 8.47. The van der Waals surface area contributed by atoms with E-state index in [0.29, 0.717) is 13.0 Å². The second kappa shape index (κ2) is 12.0. The number of likely N-dealkylation sites (N-methyl/N-ethyl adjacent to an activating group) is 1. The highest BCUT2D eigenvalue weighted by Crippen LogP contribution is 2.17. The maximum Gasteiger partial charge on any atom is 0.326 e. The van der Waals surface area contributed by atoms with Gasteiger partial charge in [-0.3, -0.25) is 4.79 Å². The molecule has 2 unspecified atom stereocenters. The summed E-state index contributed by atoms with van der Waals surface area (Å²) in [6.45, 7) is 9.13. The van der Waals surface area contributed by atoms with Crippen LogP contribution >= 0.6 is 0 Å². The maximum atomic E-state index is 12.0. The molecule has 0 aromatic rings. The van der Waals surface area contributed by atoms with Crippen LogP contribution in [0.25, 0.3) is 0 Å². The van der Waals surface area contributed by atoms with Gasteiger partial charge in [0.05, 0.1) is 12.7 Å². The van der Waals surface area contributed by atoms with Crippen molar-refractivity contribution >= 4 is 5.97 Å². The quantitative estimate of drug-likeness (QED) is 0.416. The van der Waals surface area contributed by atoms with Crippen LogP contribution in [0.15, 0.2) is 0 Å². The molecule has 0 aliphatic rings. The zero-order chi connectivity index (χ0) is 16.1. The van der Waals surface area contributed by atoms with Crippen LogP contribution in [-0.2, 0) is 14.3 Å². The molecule has 0 aliphatic carbocycles. The van der Waals surface area contributed by atoms with E-state index in [1.54, 1.807) is 7.05 Å². The fourth-order valence-electron chi connectivity index (χ4n) is 2.38. The number of carbonyl (C=O) groups excluding carboxylic acids is 1. The summed E-state index contributed by atoms with van der Waals surface area (Å²) >= 11 is 0. The number of ether oxygens (including phenoxy) is 2. The second-order valence-electron chi connectivity index (χ2n) is 5.96. The normalized spacial score (nSPS) is 15.5. The molecule has 0 bridgehead atoms. The molecule has 0 saturated carbocycles. The first kappa shape index (κ1) is 20.4. The van der Waals surface area contributed by atoms with E-state index in [1.165, 1.54) is 32.1 Å². The summed E-state index contributed by atoms with van der Waals surface area (Å²) in [5.41, 5.74) is -0.670. The Kier molecular flexibility index (Phi) is 11.6. The molecule has 2 atom stereocenters. The second-order valence-corrected chi connectivity index (χ2v) is 5.96. The summed E-state index contributed by atoms with van der Waals surface area (Å²) in [5, 5.41) is 3.06. The molecule has 0 aromatic heterocycles. The third-order valence-corrected chi connectivity index (χ3v) is 3.87. The first-order chi connectivity index (χ1) is 10.00. The lowest BCUT2D eigenvalue weighted by Gasteiger charge is -2.29. The molecular weight excluding hydrogens is 266 g/mol. The first-order valence-electron chi connectivity index (χ1n) is 8.47. The van der Waals surface area contributed by atoms with Gasteiger partial charge in [-0.2, -0.15) is 0 Å². The molecule has 4 nitrogen and oxygen atoms in total. The Balaban J connectivity index is 3.89. The molecule has 0 saturated heterocycles. The van der Waals surface area contributed by atoms with Crippen molar-refractivity contribution < 1.29 is 14.3 Å². The SMILES string of the molecule is CCCCCCCCOC(C)CC(C)(NC)C(=O)OCC. The van der Waals surface area contributed by atoms with Gasteiger partial charge in [0, 0.05) is 13.0 Å². The number of nitrogens with one attached hydrogen (secondary N) is 1. The van der Waals surface area contributed by atoms with Crippen LogP contribution in [0, 0.1) is 0 Å². The van der Waals surface area contributed by atoms with Gasteiger partial charge in [0.15, 0.2) is 0 Å². The Morgan fingerprint density at radius 1 is 1.14 bits per heavy atom. The van der Waals surface area contributed by atoms with Crippen LogP contribution in [0.2, 0.25) is 0 Å². The van der Waals surface area contributed by atoms with Crippen molar-refractivity contribution in [3.63, 3.8) is 0 Å². The highest BCUT2D eigenvalue weighted by molar-refractivity contribution is 5.80. The van der Waals surface area contributed by atoms with E-state index in [0.717, 1.165) is 13.0 Å². The molecule has 0 amide bonds. The molecule has 126 valence electrons. The summed E-state index contributed by atoms with van der Waals surface area (Å²) in [5.74, 6) is -0.206. The van der Waals surface area contributed by atoms with E-state index < -0.39 is 5.54 Å². The highest BCUT2D eigenvalue weighted by Gasteiger charge is 2.34. The minimum Gasteiger partial charge on any atom is -0.465 e. The summed E-state index contributed by atoms with van der Waals surface area (Å²) in [7, 11) is 1.79. The summed E-state index contributed by atoms with van der Waals surface area (Å²) in [6.07, 6.45) is 8.23. The van der Waals surface area contributed by atoms with E-state index in [-0.39, 0.29) is 12.1 Å². The van der Waals surface area contributed by atoms with Crippen LogP contribution in [-0.4, -0.2) is 37.9 Å². The van der Waals surface area contributed by atoms with Gasteiger partial charge in [0.25, 0.3) is 0 Å². The van der Waals surface area contributed by atoms with Gasteiger partial charge in [0.1, 0.15) is 5.54 Å². The van der Waals surface area contributed by atoms with Gasteiger partial charge in [-0.05, 0) is 34.2 Å². The standard InChI is InChI=1S/C17H35NO3/c1-6-8-9-10-11-12-13-21-15(3)14-17(4,18-5)16(19)20-7-2/h15,18H,6-14H2,1-5H3. The predicted octanol–water partition coefficient (Wildman–Crippen LogP) is 3.68. The van der Waals surface area contributed by atoms with Crippen LogP contribution in [0.1, 0.15) is 72.6 Å². The monoisotopic (exact) mass is 301 g/mol. The fraction of sp³-hybridized carbons (Fsp3) is 0.941. The molecule has 0 aliphatic heterocycles. The van der Waals surface area contributed by atoms with E-state index in [1.807, 2.05) is 20.8 Å². The van der Waals surface area contributed by atoms with Gasteiger partial charge in [-0.15, -0.1) is 0 Å². The van der Waals surface area contributed by atoms with E-state index in [4.69, 9.17) is 9.47 Å². The van der Waals surface area contributed by atoms with Crippen molar-refractivity contribution in [3.8, 4) is 0 Å². The van der Waals surface area contributed by atoms with Crippen LogP contribution in [0.5, 0.6) is 0 Å². The average molecular weight is 301 g/mol. The Labute approximate surface area is 131 Å². The van der Waals surface area contributed by atoms with Crippen LogP contribution in [0.3, 0.4) is 0 Å². The summed E-state index contributed by atoms with van der Waals surface area (Å²) < 4.78 is 10.9. The van der Waals surface area contributed by atoms with Crippen molar-refractivity contribution in [3.05, 3.63) is 0 Å². The van der Waals surface area contributed by atoms with Crippen LogP contribution < -0.4 is 5.32 Å². The van der Waals surface area contributed by atoms with E-state index in [2.05, 4.69) is 12.2 Å². The Bertz CT molecular complexity index is 271. The molecule has 0 spiro atoms. The molecule has 0 heterocycles. The zero-order valence-electron chi connectivity index (χ0n) is 14.7. The van der Waals surface area contributed by atoms with Crippen molar-refractivity contribution in [1.82, 2.24) is 5.32 Å². The third kappa shape index (κ3) is 9.10. The largest absolute Gasteiger partial charge is 0.465 e. The molecule has 0 radical (unpaired) electrons. The van der Waals surface area contributed by atoms with Crippen molar-refractivity contribution in [2.75, 3.05) is 20.3 Å². The lowest BCUT2D eigenvalue weighted by molar-refractivity contribution is -0.152. The Morgan fingerprint density at radius 2 is 1.76 bits per heavy atom. The van der Waals surface area contributed by atoms with Gasteiger partial charge >= 0.3 is 5.97 Å². The lowest BCUT2D eigenvalue weighted by Crippen LogP contribution is -2.50. The van der Waals surface area contributed by atoms with Crippen molar-refractivity contribution in [2.24, 2.45) is 0 Å². The smallest absolute Gasteiger partial charge is 0.326 e. The number of hydrogen-bond acceptors (Lipinski definition) is 4. The number of carbonyl (C=O) groups is 1. The van der Waals surface area contributed by atoms with Gasteiger partial charge in [-0.1, -0.05) is 39.0 Å². The van der Waals surface area contributed by atoms with Crippen molar-refractivity contribution in [1.29, 1.82) is 0 Å². The Morgan fingerprint density at radius 3 is 2.33 bits per heavy atom. The van der Waals surface area contributed by atoms with Gasteiger partial charge in [0.2, 0.25) is 0 Å². The van der Waals surface area contributed by atoms with Crippen LogP contribution in [0.4, 0.5) is 0 Å². The van der Waals surface area contributed by atoms with Gasteiger partial charge in [-0.25, -0.2) is 0 Å². The average Bonchev–Trinajstić information content (AvgIpc) is 2.46. The number of esters is 1. The fourth-order valence-corrected chi connectivity index (χ4v) is 2.38. The number of hydrogen-bond donors (Lipinski definition) is 1. The minimum absolute atomic E-state index is 0.0440. The molecular formula is C17H35NO3. The lowest BCUT2D eigenvalue weighted by atomic mass is 9.95. The van der Waals surface area contributed by atoms with E-state index >= 15 is 0 Å². The molecule has 0 fully saturated rings. The summed E-state index contributed by atoms with van der Waals surface area (Å²) in [6, 6.07) is 0. The zero-order valence-corrected chi connectivity index (χ0v) is 14.7. The third-order valence-electron chi connectivity index (χ3n) is 3.87. The maximum absolute atomic E-state index is 12.0. The highest BCUT2D eigenvalue weighted by atomic mass is 16.5. The summed E-state index contributed by atoms with van der Waals surface area (Å²) in [4.78, 5) is 12.0. The Hall–Kier alpha value is -0.610. The molecule has 0 aromatic carbocycles. The molecule has 4 heteroatoms. The number of rotatable bonds is 13. The minimum atomic E-state index is -0.670. The molecule has 1 N–H and O–H groups in total. The van der Waals surface area contributed by atoms with Crippen molar-refractivity contribution in [2.45, 2.75) is 84.3 Å². The molecule has 0 rings (SSSR count). The topological polar surface area (TPSA) is 47.6 Å². The van der Waals surface area contributed by atoms with E-state index in [9.17, 15) is 4.79 Å². The predicted molar refractivity (Wildman–Crippen MR) is 87.5 cm³/mol. The number of unbranched alkanes of at least 4 members (excludes halogenated alkanes) is 5. The molecule has 21 heavy (non-hydrogen) atoms.